The van der Waals surface area contributed by atoms with Crippen LogP contribution >= 0.6 is 0 Å². The maximum Gasteiger partial charge on any atom is 0.119 e. The highest BCUT2D eigenvalue weighted by molar-refractivity contribution is 5.70. The van der Waals surface area contributed by atoms with Gasteiger partial charge in [-0.1, -0.05) is 42.3 Å². The first-order valence-electron chi connectivity index (χ1n) is 7.53. The largest absolute Gasteiger partial charge is 0.508 e. The van der Waals surface area contributed by atoms with Crippen LogP contribution in [0.4, 0.5) is 0 Å². The molecule has 0 saturated carbocycles. The van der Waals surface area contributed by atoms with Crippen LogP contribution in [0.2, 0.25) is 0 Å². The molecule has 1 heteroatoms. The maximum absolute atomic E-state index is 9.99. The summed E-state index contributed by atoms with van der Waals surface area (Å²) in [4.78, 5) is 0. The monoisotopic (exact) mass is 290 g/mol. The zero-order valence-corrected chi connectivity index (χ0v) is 13.5. The van der Waals surface area contributed by atoms with Gasteiger partial charge in [-0.3, -0.25) is 0 Å². The van der Waals surface area contributed by atoms with Crippen molar-refractivity contribution in [1.82, 2.24) is 0 Å². The average Bonchev–Trinajstić information content (AvgIpc) is 2.53. The Balaban J connectivity index is 2.20. The molecule has 0 unspecified atom stereocenters. The van der Waals surface area contributed by atoms with Gasteiger partial charge in [-0.05, 0) is 67.5 Å². The summed E-state index contributed by atoms with van der Waals surface area (Å²) in [6, 6.07) is 14.1. The number of hydrogen-bond acceptors (Lipinski definition) is 1. The first-order chi connectivity index (χ1) is 10.5. The van der Waals surface area contributed by atoms with Crippen LogP contribution in [-0.2, 0) is 12.8 Å². The predicted molar refractivity (Wildman–Crippen MR) is 93.8 cm³/mol. The Labute approximate surface area is 133 Å². The number of hydrogen-bond donors (Lipinski definition) is 1. The fraction of sp³-hybridized carbons (Fsp3) is 0.238. The van der Waals surface area contributed by atoms with E-state index in [2.05, 4.69) is 37.1 Å². The summed E-state index contributed by atoms with van der Waals surface area (Å²) in [6.45, 7) is 6.06. The van der Waals surface area contributed by atoms with E-state index in [9.17, 15) is 5.11 Å². The fourth-order valence-corrected chi connectivity index (χ4v) is 2.57. The fourth-order valence-electron chi connectivity index (χ4n) is 2.57. The lowest BCUT2D eigenvalue weighted by Gasteiger charge is -2.10. The molecule has 0 aliphatic rings. The third kappa shape index (κ3) is 3.59. The van der Waals surface area contributed by atoms with E-state index in [1.54, 1.807) is 6.07 Å². The molecule has 0 aliphatic carbocycles. The Bertz CT molecular complexity index is 724. The zero-order chi connectivity index (χ0) is 16.1. The molecule has 0 amide bonds. The van der Waals surface area contributed by atoms with Crippen LogP contribution in [0.5, 0.6) is 5.75 Å². The SMILES string of the molecule is C#C/C(C)=C(/C)c1cccc(CCc2c(C)cccc2O)c1. The van der Waals surface area contributed by atoms with E-state index in [0.717, 1.165) is 35.1 Å². The van der Waals surface area contributed by atoms with E-state index in [0.29, 0.717) is 5.75 Å². The topological polar surface area (TPSA) is 20.2 Å². The molecule has 1 nitrogen and oxygen atoms in total. The number of phenolic OH excluding ortho intramolecular Hbond substituents is 1. The minimum atomic E-state index is 0.385. The molecule has 0 atom stereocenters. The molecule has 0 bridgehead atoms. The van der Waals surface area contributed by atoms with Crippen LogP contribution in [0.25, 0.3) is 5.57 Å². The molecular formula is C21H22O. The summed E-state index contributed by atoms with van der Waals surface area (Å²) < 4.78 is 0. The molecule has 0 aromatic heterocycles. The second-order valence-electron chi connectivity index (χ2n) is 5.67. The summed E-state index contributed by atoms with van der Waals surface area (Å²) in [5.41, 5.74) is 6.69. The van der Waals surface area contributed by atoms with Gasteiger partial charge in [-0.2, -0.15) is 0 Å². The van der Waals surface area contributed by atoms with Gasteiger partial charge in [0.25, 0.3) is 0 Å². The number of aromatic hydroxyl groups is 1. The molecule has 0 spiro atoms. The number of aryl methyl sites for hydroxylation is 2. The van der Waals surface area contributed by atoms with Crippen molar-refractivity contribution in [3.63, 3.8) is 0 Å². The van der Waals surface area contributed by atoms with Gasteiger partial charge in [0.2, 0.25) is 0 Å². The third-order valence-electron chi connectivity index (χ3n) is 4.19. The van der Waals surface area contributed by atoms with Crippen LogP contribution in [-0.4, -0.2) is 5.11 Å². The van der Waals surface area contributed by atoms with Crippen LogP contribution in [0, 0.1) is 19.3 Å². The van der Waals surface area contributed by atoms with Gasteiger partial charge in [0.15, 0.2) is 0 Å². The highest BCUT2D eigenvalue weighted by Gasteiger charge is 2.06. The van der Waals surface area contributed by atoms with E-state index in [4.69, 9.17) is 6.42 Å². The lowest BCUT2D eigenvalue weighted by atomic mass is 9.96. The summed E-state index contributed by atoms with van der Waals surface area (Å²) in [5, 5.41) is 9.99. The second kappa shape index (κ2) is 7.00. The number of rotatable bonds is 4. The van der Waals surface area contributed by atoms with Crippen molar-refractivity contribution in [2.24, 2.45) is 0 Å². The lowest BCUT2D eigenvalue weighted by molar-refractivity contribution is 0.467. The summed E-state index contributed by atoms with van der Waals surface area (Å²) in [6.07, 6.45) is 7.21. The van der Waals surface area contributed by atoms with Crippen molar-refractivity contribution in [3.05, 3.63) is 70.3 Å². The molecule has 2 aromatic carbocycles. The van der Waals surface area contributed by atoms with Gasteiger partial charge in [-0.25, -0.2) is 0 Å². The normalized spacial score (nSPS) is 11.7. The highest BCUT2D eigenvalue weighted by Crippen LogP contribution is 2.24. The summed E-state index contributed by atoms with van der Waals surface area (Å²) >= 11 is 0. The molecule has 0 heterocycles. The van der Waals surface area contributed by atoms with E-state index in [1.165, 1.54) is 11.1 Å². The Morgan fingerprint density at radius 1 is 1.09 bits per heavy atom. The Morgan fingerprint density at radius 2 is 1.82 bits per heavy atom. The second-order valence-corrected chi connectivity index (χ2v) is 5.67. The van der Waals surface area contributed by atoms with Gasteiger partial charge in [0, 0.05) is 5.57 Å². The third-order valence-corrected chi connectivity index (χ3v) is 4.19. The van der Waals surface area contributed by atoms with Gasteiger partial charge in [0.1, 0.15) is 5.75 Å². The van der Waals surface area contributed by atoms with Gasteiger partial charge < -0.3 is 5.11 Å². The maximum atomic E-state index is 9.99. The Kier molecular flexibility index (Phi) is 5.07. The van der Waals surface area contributed by atoms with Crippen LogP contribution in [0.3, 0.4) is 0 Å². The van der Waals surface area contributed by atoms with Gasteiger partial charge >= 0.3 is 0 Å². The number of terminal acetylenes is 1. The van der Waals surface area contributed by atoms with E-state index >= 15 is 0 Å². The van der Waals surface area contributed by atoms with Crippen LogP contribution in [0.15, 0.2) is 48.0 Å². The van der Waals surface area contributed by atoms with E-state index in [1.807, 2.05) is 26.0 Å². The lowest BCUT2D eigenvalue weighted by Crippen LogP contribution is -1.96. The molecule has 112 valence electrons. The summed E-state index contributed by atoms with van der Waals surface area (Å²) in [7, 11) is 0. The number of benzene rings is 2. The Morgan fingerprint density at radius 3 is 2.50 bits per heavy atom. The highest BCUT2D eigenvalue weighted by atomic mass is 16.3. The number of allylic oxidation sites excluding steroid dienone is 2. The van der Waals surface area contributed by atoms with Crippen molar-refractivity contribution in [3.8, 4) is 18.1 Å². The molecule has 0 saturated heterocycles. The van der Waals surface area contributed by atoms with Crippen LogP contribution < -0.4 is 0 Å². The molecule has 0 fully saturated rings. The minimum absolute atomic E-state index is 0.385. The van der Waals surface area contributed by atoms with E-state index < -0.39 is 0 Å². The predicted octanol–water partition coefficient (Wildman–Crippen LogP) is 4.91. The first-order valence-corrected chi connectivity index (χ1v) is 7.53. The van der Waals surface area contributed by atoms with Crippen molar-refractivity contribution in [2.75, 3.05) is 0 Å². The van der Waals surface area contributed by atoms with Gasteiger partial charge in [0.05, 0.1) is 0 Å². The molecule has 0 radical (unpaired) electrons. The average molecular weight is 290 g/mol. The molecule has 0 aliphatic heterocycles. The van der Waals surface area contributed by atoms with Gasteiger partial charge in [-0.15, -0.1) is 6.42 Å². The molecule has 2 aromatic rings. The number of phenols is 1. The first kappa shape index (κ1) is 15.9. The Hall–Kier alpha value is -2.46. The zero-order valence-electron chi connectivity index (χ0n) is 13.5. The van der Waals surface area contributed by atoms with Crippen LogP contribution in [0.1, 0.15) is 36.1 Å². The minimum Gasteiger partial charge on any atom is -0.508 e. The van der Waals surface area contributed by atoms with Crippen molar-refractivity contribution in [2.45, 2.75) is 33.6 Å². The molecule has 2 rings (SSSR count). The smallest absolute Gasteiger partial charge is 0.119 e. The van der Waals surface area contributed by atoms with E-state index in [-0.39, 0.29) is 0 Å². The van der Waals surface area contributed by atoms with Crippen molar-refractivity contribution < 1.29 is 5.11 Å². The van der Waals surface area contributed by atoms with Crippen molar-refractivity contribution in [1.29, 1.82) is 0 Å². The molecular weight excluding hydrogens is 268 g/mol. The standard InChI is InChI=1S/C21H22O/c1-5-15(2)17(4)19-10-7-9-18(14-19)12-13-20-16(3)8-6-11-21(20)22/h1,6-11,14,22H,12-13H2,2-4H3/b17-15-. The summed E-state index contributed by atoms with van der Waals surface area (Å²) in [5.74, 6) is 3.09. The molecule has 1 N–H and O–H groups in total. The quantitative estimate of drug-likeness (QED) is 0.793. The molecule has 22 heavy (non-hydrogen) atoms. The van der Waals surface area contributed by atoms with Crippen molar-refractivity contribution >= 4 is 5.57 Å².